The molecule has 8 rings (SSSR count). The van der Waals surface area contributed by atoms with E-state index in [0.717, 1.165) is 24.3 Å². The maximum atomic E-state index is 13.7. The summed E-state index contributed by atoms with van der Waals surface area (Å²) in [7, 11) is -8.85. The van der Waals surface area contributed by atoms with Crippen LogP contribution in [0.1, 0.15) is 20.7 Å². The summed E-state index contributed by atoms with van der Waals surface area (Å²) < 4.78 is 64.2. The fourth-order valence-electron chi connectivity index (χ4n) is 6.74. The van der Waals surface area contributed by atoms with Crippen LogP contribution in [0, 0.1) is 0 Å². The standard InChI is InChI=1S/C46H30Cl2N6O10S2/c47-37-23-25(9-19-39(37)49-45(57)35-21-27-5-1-3-7-33(27)41(43(35)55)53-51-29-11-15-31(16-12-29)65(59,60)61)26-10-20-40(38(48)24-26)50-46(58)36-22-28-6-2-4-8-34(28)42(44(36)56)54-52-30-13-17-32(18-14-30)66(62,63)64/h1-24,55-56H,(H,49,57)(H,50,58)(H,59,60,61)(H,62,63,64)/b53-51+,54-52+. The number of amides is 2. The average molecular weight is 962 g/mol. The lowest BCUT2D eigenvalue weighted by Crippen LogP contribution is -2.13. The molecular weight excluding hydrogens is 932 g/mol. The molecule has 0 saturated carbocycles. The van der Waals surface area contributed by atoms with E-state index in [4.69, 9.17) is 23.2 Å². The van der Waals surface area contributed by atoms with E-state index in [9.17, 15) is 45.7 Å². The van der Waals surface area contributed by atoms with Crippen LogP contribution in [-0.2, 0) is 20.2 Å². The van der Waals surface area contributed by atoms with Gasteiger partial charge in [-0.15, -0.1) is 10.2 Å². The molecule has 2 amide bonds. The van der Waals surface area contributed by atoms with E-state index < -0.39 is 43.5 Å². The highest BCUT2D eigenvalue weighted by atomic mass is 35.5. The lowest BCUT2D eigenvalue weighted by atomic mass is 10.0. The first-order chi connectivity index (χ1) is 31.4. The van der Waals surface area contributed by atoms with Gasteiger partial charge in [-0.2, -0.15) is 27.1 Å². The quantitative estimate of drug-likeness (QED) is 0.0528. The molecule has 0 aliphatic rings. The first-order valence-electron chi connectivity index (χ1n) is 19.1. The Bertz CT molecular complexity index is 3340. The van der Waals surface area contributed by atoms with E-state index >= 15 is 0 Å². The predicted molar refractivity (Wildman–Crippen MR) is 250 cm³/mol. The summed E-state index contributed by atoms with van der Waals surface area (Å²) in [5.74, 6) is -2.40. The number of anilines is 2. The smallest absolute Gasteiger partial charge is 0.294 e. The number of azo groups is 2. The van der Waals surface area contributed by atoms with Gasteiger partial charge < -0.3 is 20.8 Å². The number of benzene rings is 8. The second-order valence-electron chi connectivity index (χ2n) is 14.3. The molecule has 20 heteroatoms. The van der Waals surface area contributed by atoms with Crippen LogP contribution in [0.3, 0.4) is 0 Å². The third-order valence-electron chi connectivity index (χ3n) is 10.0. The maximum Gasteiger partial charge on any atom is 0.294 e. The number of nitrogens with zero attached hydrogens (tertiary/aromatic N) is 4. The minimum atomic E-state index is -4.42. The molecule has 66 heavy (non-hydrogen) atoms. The van der Waals surface area contributed by atoms with E-state index in [0.29, 0.717) is 32.7 Å². The van der Waals surface area contributed by atoms with Crippen molar-refractivity contribution in [2.45, 2.75) is 9.79 Å². The Hall–Kier alpha value is -7.58. The van der Waals surface area contributed by atoms with Gasteiger partial charge in [0.15, 0.2) is 11.5 Å². The number of hydrogen-bond acceptors (Lipinski definition) is 12. The van der Waals surface area contributed by atoms with E-state index in [1.165, 1.54) is 36.4 Å². The number of hydrogen-bond donors (Lipinski definition) is 6. The number of carbonyl (C=O) groups excluding carboxylic acids is 2. The molecule has 0 aliphatic carbocycles. The summed E-state index contributed by atoms with van der Waals surface area (Å²) in [4.78, 5) is 26.7. The SMILES string of the molecule is O=C(Nc1ccc(-c2ccc(NC(=O)c3cc4ccccc4c(/N=N/c4ccc(S(=O)(=O)O)cc4)c3O)c(Cl)c2)cc1Cl)c1cc2ccccc2c(/N=N/c2ccc(S(=O)(=O)O)cc2)c1O. The van der Waals surface area contributed by atoms with Gasteiger partial charge in [-0.05, 0) is 107 Å². The van der Waals surface area contributed by atoms with Crippen LogP contribution in [0.4, 0.5) is 34.1 Å². The summed E-state index contributed by atoms with van der Waals surface area (Å²) in [6, 6.07) is 36.1. The van der Waals surface area contributed by atoms with Crippen molar-refractivity contribution >= 4 is 111 Å². The zero-order valence-electron chi connectivity index (χ0n) is 33.5. The number of aromatic hydroxyl groups is 2. The van der Waals surface area contributed by atoms with Crippen LogP contribution < -0.4 is 10.6 Å². The fraction of sp³-hybridized carbons (Fsp3) is 0. The summed E-state index contributed by atoms with van der Waals surface area (Å²) in [5.41, 5.74) is 1.68. The van der Waals surface area contributed by atoms with Crippen LogP contribution in [-0.4, -0.2) is 48.0 Å². The van der Waals surface area contributed by atoms with Gasteiger partial charge in [-0.1, -0.05) is 83.9 Å². The minimum Gasteiger partial charge on any atom is -0.505 e. The minimum absolute atomic E-state index is 0.0258. The number of fused-ring (bicyclic) bond motifs is 2. The highest BCUT2D eigenvalue weighted by Gasteiger charge is 2.22. The molecule has 0 unspecified atom stereocenters. The van der Waals surface area contributed by atoms with Crippen molar-refractivity contribution < 1.29 is 45.7 Å². The van der Waals surface area contributed by atoms with Gasteiger partial charge in [0.1, 0.15) is 11.4 Å². The van der Waals surface area contributed by atoms with Gasteiger partial charge in [0.2, 0.25) is 0 Å². The second-order valence-corrected chi connectivity index (χ2v) is 18.0. The molecule has 0 atom stereocenters. The molecule has 0 heterocycles. The maximum absolute atomic E-state index is 13.7. The highest BCUT2D eigenvalue weighted by Crippen LogP contribution is 2.42. The second kappa shape index (κ2) is 18.1. The van der Waals surface area contributed by atoms with Crippen LogP contribution in [0.5, 0.6) is 11.5 Å². The van der Waals surface area contributed by atoms with E-state index in [1.54, 1.807) is 84.9 Å². The third-order valence-corrected chi connectivity index (χ3v) is 12.4. The van der Waals surface area contributed by atoms with Crippen molar-refractivity contribution in [3.63, 3.8) is 0 Å². The normalized spacial score (nSPS) is 12.0. The molecular formula is C46H30Cl2N6O10S2. The Morgan fingerprint density at radius 1 is 0.470 bits per heavy atom. The van der Waals surface area contributed by atoms with Crippen LogP contribution in [0.25, 0.3) is 32.7 Å². The fourth-order valence-corrected chi connectivity index (χ4v) is 8.16. The largest absolute Gasteiger partial charge is 0.505 e. The van der Waals surface area contributed by atoms with Gasteiger partial charge >= 0.3 is 0 Å². The number of halogens is 2. The van der Waals surface area contributed by atoms with Crippen molar-refractivity contribution in [1.29, 1.82) is 0 Å². The molecule has 0 saturated heterocycles. The first-order valence-corrected chi connectivity index (χ1v) is 22.8. The van der Waals surface area contributed by atoms with Crippen molar-refractivity contribution in [2.24, 2.45) is 20.5 Å². The summed E-state index contributed by atoms with van der Waals surface area (Å²) in [6.07, 6.45) is 0. The monoisotopic (exact) mass is 960 g/mol. The number of phenols is 2. The van der Waals surface area contributed by atoms with Gasteiger partial charge in [0, 0.05) is 10.8 Å². The predicted octanol–water partition coefficient (Wildman–Crippen LogP) is 12.2. The third kappa shape index (κ3) is 9.59. The summed E-state index contributed by atoms with van der Waals surface area (Å²) in [6.45, 7) is 0. The lowest BCUT2D eigenvalue weighted by Gasteiger charge is -2.14. The molecule has 6 N–H and O–H groups in total. The molecule has 0 fully saturated rings. The number of carbonyl (C=O) groups is 2. The van der Waals surface area contributed by atoms with E-state index in [2.05, 4.69) is 31.1 Å². The summed E-state index contributed by atoms with van der Waals surface area (Å²) in [5, 5.41) is 46.9. The Balaban J connectivity index is 0.998. The molecule has 330 valence electrons. The highest BCUT2D eigenvalue weighted by molar-refractivity contribution is 7.86. The molecule has 0 spiro atoms. The number of rotatable bonds is 11. The molecule has 0 bridgehead atoms. The molecule has 8 aromatic carbocycles. The van der Waals surface area contributed by atoms with Gasteiger partial charge in [-0.3, -0.25) is 18.7 Å². The molecule has 8 aromatic rings. The van der Waals surface area contributed by atoms with Crippen molar-refractivity contribution in [3.8, 4) is 22.6 Å². The summed E-state index contributed by atoms with van der Waals surface area (Å²) >= 11 is 13.3. The Kier molecular flexibility index (Phi) is 12.4. The van der Waals surface area contributed by atoms with Crippen molar-refractivity contribution in [2.75, 3.05) is 10.6 Å². The number of phenolic OH excluding ortho intramolecular Hbond substituents is 2. The van der Waals surface area contributed by atoms with E-state index in [1.807, 2.05) is 0 Å². The van der Waals surface area contributed by atoms with Crippen LogP contribution in [0.15, 0.2) is 176 Å². The molecule has 0 radical (unpaired) electrons. The zero-order chi connectivity index (χ0) is 46.9. The van der Waals surface area contributed by atoms with Crippen molar-refractivity contribution in [1.82, 2.24) is 0 Å². The van der Waals surface area contributed by atoms with Crippen molar-refractivity contribution in [3.05, 3.63) is 167 Å². The Morgan fingerprint density at radius 3 is 1.18 bits per heavy atom. The van der Waals surface area contributed by atoms with Crippen LogP contribution >= 0.6 is 23.2 Å². The topological polar surface area (TPSA) is 257 Å². The van der Waals surface area contributed by atoms with Gasteiger partial charge in [-0.25, -0.2) is 0 Å². The first kappa shape index (κ1) is 45.0. The number of nitrogens with one attached hydrogen (secondary N) is 2. The van der Waals surface area contributed by atoms with Gasteiger partial charge in [0.25, 0.3) is 32.1 Å². The van der Waals surface area contributed by atoms with E-state index in [-0.39, 0.29) is 65.1 Å². The average Bonchev–Trinajstić information content (AvgIpc) is 3.29. The molecule has 0 aliphatic heterocycles. The van der Waals surface area contributed by atoms with Crippen LogP contribution in [0.2, 0.25) is 10.0 Å². The van der Waals surface area contributed by atoms with Gasteiger partial charge in [0.05, 0.1) is 53.7 Å². The Labute approximate surface area is 385 Å². The molecule has 0 aromatic heterocycles. The lowest BCUT2D eigenvalue weighted by molar-refractivity contribution is 0.101. The molecule has 16 nitrogen and oxygen atoms in total. The Morgan fingerprint density at radius 2 is 0.833 bits per heavy atom. The zero-order valence-corrected chi connectivity index (χ0v) is 36.6.